The van der Waals surface area contributed by atoms with Gasteiger partial charge in [0.2, 0.25) is 0 Å². The zero-order chi connectivity index (χ0) is 17.1. The van der Waals surface area contributed by atoms with Gasteiger partial charge in [0, 0.05) is 5.69 Å². The number of anilines is 2. The summed E-state index contributed by atoms with van der Waals surface area (Å²) in [4.78, 5) is 25.6. The normalized spacial score (nSPS) is 16.3. The van der Waals surface area contributed by atoms with Gasteiger partial charge in [-0.05, 0) is 36.4 Å². The number of methoxy groups -OCH3 is 1. The molecule has 3 rings (SSSR count). The number of rotatable bonds is 4. The van der Waals surface area contributed by atoms with Crippen LogP contribution in [0.3, 0.4) is 0 Å². The Kier molecular flexibility index (Phi) is 4.33. The lowest BCUT2D eigenvalue weighted by molar-refractivity contribution is -0.124. The standard InChI is InChI=1S/C17H16FN3O3/c1-24-15-5-3-2-4-13(15)19-17(23)20-14-10-21(16(14)22)12-8-6-11(18)7-9-12/h2-9,14H,10H2,1H3,(H2,19,20,23)/t14-/m0/s1. The number of hydrogen-bond donors (Lipinski definition) is 2. The monoisotopic (exact) mass is 329 g/mol. The van der Waals surface area contributed by atoms with Crippen molar-refractivity contribution in [2.24, 2.45) is 0 Å². The van der Waals surface area contributed by atoms with E-state index < -0.39 is 12.1 Å². The minimum atomic E-state index is -0.607. The first kappa shape index (κ1) is 15.8. The molecule has 7 heteroatoms. The molecule has 0 aromatic heterocycles. The molecule has 3 amide bonds. The van der Waals surface area contributed by atoms with Crippen molar-refractivity contribution in [1.29, 1.82) is 0 Å². The molecule has 1 saturated heterocycles. The van der Waals surface area contributed by atoms with Gasteiger partial charge < -0.3 is 20.3 Å². The van der Waals surface area contributed by atoms with Crippen molar-refractivity contribution in [3.63, 3.8) is 0 Å². The van der Waals surface area contributed by atoms with Crippen LogP contribution in [0.25, 0.3) is 0 Å². The van der Waals surface area contributed by atoms with Crippen LogP contribution in [0.4, 0.5) is 20.6 Å². The molecule has 2 aromatic rings. The molecule has 24 heavy (non-hydrogen) atoms. The van der Waals surface area contributed by atoms with E-state index in [0.717, 1.165) is 0 Å². The molecule has 6 nitrogen and oxygen atoms in total. The summed E-state index contributed by atoms with van der Waals surface area (Å²) in [6.07, 6.45) is 0. The van der Waals surface area contributed by atoms with Crippen molar-refractivity contribution in [1.82, 2.24) is 5.32 Å². The maximum absolute atomic E-state index is 12.9. The summed E-state index contributed by atoms with van der Waals surface area (Å²) in [5.41, 5.74) is 1.12. The van der Waals surface area contributed by atoms with E-state index in [4.69, 9.17) is 4.74 Å². The summed E-state index contributed by atoms with van der Waals surface area (Å²) in [6, 6.07) is 11.5. The number of nitrogens with one attached hydrogen (secondary N) is 2. The third-order valence-corrected chi connectivity index (χ3v) is 3.73. The van der Waals surface area contributed by atoms with Crippen LogP contribution in [0.1, 0.15) is 0 Å². The van der Waals surface area contributed by atoms with Gasteiger partial charge in [-0.2, -0.15) is 0 Å². The van der Waals surface area contributed by atoms with Gasteiger partial charge in [0.15, 0.2) is 0 Å². The van der Waals surface area contributed by atoms with Gasteiger partial charge >= 0.3 is 6.03 Å². The molecule has 124 valence electrons. The first-order valence-corrected chi connectivity index (χ1v) is 7.36. The Labute approximate surface area is 138 Å². The van der Waals surface area contributed by atoms with E-state index in [-0.39, 0.29) is 11.7 Å². The number of para-hydroxylation sites is 2. The fourth-order valence-corrected chi connectivity index (χ4v) is 2.45. The molecule has 1 aliphatic rings. The number of amides is 3. The molecular weight excluding hydrogens is 313 g/mol. The van der Waals surface area contributed by atoms with E-state index in [1.165, 1.54) is 36.3 Å². The first-order valence-electron chi connectivity index (χ1n) is 7.36. The summed E-state index contributed by atoms with van der Waals surface area (Å²) in [7, 11) is 1.51. The highest BCUT2D eigenvalue weighted by molar-refractivity contribution is 6.06. The van der Waals surface area contributed by atoms with Crippen LogP contribution in [0.5, 0.6) is 5.75 Å². The van der Waals surface area contributed by atoms with E-state index >= 15 is 0 Å². The SMILES string of the molecule is COc1ccccc1NC(=O)N[C@H]1CN(c2ccc(F)cc2)C1=O. The predicted octanol–water partition coefficient (Wildman–Crippen LogP) is 2.37. The number of ether oxygens (including phenoxy) is 1. The summed E-state index contributed by atoms with van der Waals surface area (Å²) in [5.74, 6) is -0.0742. The predicted molar refractivity (Wildman–Crippen MR) is 87.7 cm³/mol. The quantitative estimate of drug-likeness (QED) is 0.846. The Hall–Kier alpha value is -3.09. The number of nitrogens with zero attached hydrogens (tertiary/aromatic N) is 1. The summed E-state index contributed by atoms with van der Waals surface area (Å²) in [5, 5.41) is 5.25. The molecule has 1 heterocycles. The van der Waals surface area contributed by atoms with Crippen LogP contribution in [-0.4, -0.2) is 31.6 Å². The molecule has 0 bridgehead atoms. The minimum Gasteiger partial charge on any atom is -0.495 e. The molecule has 0 radical (unpaired) electrons. The molecule has 0 unspecified atom stereocenters. The Balaban J connectivity index is 1.57. The Morgan fingerprint density at radius 1 is 1.21 bits per heavy atom. The van der Waals surface area contributed by atoms with Gasteiger partial charge in [0.05, 0.1) is 19.3 Å². The Morgan fingerprint density at radius 3 is 2.58 bits per heavy atom. The fraction of sp³-hybridized carbons (Fsp3) is 0.176. The largest absolute Gasteiger partial charge is 0.495 e. The molecule has 2 N–H and O–H groups in total. The van der Waals surface area contributed by atoms with Crippen LogP contribution in [0.15, 0.2) is 48.5 Å². The maximum atomic E-state index is 12.9. The highest BCUT2D eigenvalue weighted by atomic mass is 19.1. The lowest BCUT2D eigenvalue weighted by Gasteiger charge is -2.38. The topological polar surface area (TPSA) is 70.7 Å². The van der Waals surface area contributed by atoms with Crippen molar-refractivity contribution >= 4 is 23.3 Å². The zero-order valence-electron chi connectivity index (χ0n) is 13.0. The molecule has 1 atom stereocenters. The zero-order valence-corrected chi connectivity index (χ0v) is 13.0. The van der Waals surface area contributed by atoms with Crippen molar-refractivity contribution in [2.75, 3.05) is 23.9 Å². The Morgan fingerprint density at radius 2 is 1.92 bits per heavy atom. The number of carbonyl (C=O) groups excluding carboxylic acids is 2. The third kappa shape index (κ3) is 3.15. The van der Waals surface area contributed by atoms with E-state index in [2.05, 4.69) is 10.6 Å². The van der Waals surface area contributed by atoms with Crippen LogP contribution >= 0.6 is 0 Å². The van der Waals surface area contributed by atoms with Gasteiger partial charge in [-0.25, -0.2) is 9.18 Å². The fourth-order valence-electron chi connectivity index (χ4n) is 2.45. The van der Waals surface area contributed by atoms with Crippen LogP contribution in [0, 0.1) is 5.82 Å². The van der Waals surface area contributed by atoms with Crippen LogP contribution < -0.4 is 20.3 Å². The van der Waals surface area contributed by atoms with E-state index in [1.54, 1.807) is 24.3 Å². The Bertz CT molecular complexity index is 764. The highest BCUT2D eigenvalue weighted by Gasteiger charge is 2.38. The average Bonchev–Trinajstić information content (AvgIpc) is 2.59. The van der Waals surface area contributed by atoms with Crippen molar-refractivity contribution in [3.8, 4) is 5.75 Å². The van der Waals surface area contributed by atoms with Crippen molar-refractivity contribution < 1.29 is 18.7 Å². The van der Waals surface area contributed by atoms with Gasteiger partial charge in [-0.15, -0.1) is 0 Å². The van der Waals surface area contributed by atoms with Gasteiger partial charge in [0.1, 0.15) is 17.6 Å². The number of β-lactam (4-membered cyclic amide) rings is 1. The molecule has 1 aliphatic heterocycles. The average molecular weight is 329 g/mol. The first-order chi connectivity index (χ1) is 11.6. The summed E-state index contributed by atoms with van der Waals surface area (Å²) >= 11 is 0. The number of benzene rings is 2. The molecule has 2 aromatic carbocycles. The molecule has 0 saturated carbocycles. The number of halogens is 1. The van der Waals surface area contributed by atoms with Gasteiger partial charge in [-0.3, -0.25) is 4.79 Å². The van der Waals surface area contributed by atoms with Gasteiger partial charge in [0.25, 0.3) is 5.91 Å². The van der Waals surface area contributed by atoms with Crippen molar-refractivity contribution in [3.05, 3.63) is 54.3 Å². The lowest BCUT2D eigenvalue weighted by atomic mass is 10.1. The number of hydrogen-bond acceptors (Lipinski definition) is 3. The smallest absolute Gasteiger partial charge is 0.320 e. The third-order valence-electron chi connectivity index (χ3n) is 3.73. The molecular formula is C17H16FN3O3. The molecule has 0 aliphatic carbocycles. The summed E-state index contributed by atoms with van der Waals surface area (Å²) in [6.45, 7) is 0.337. The highest BCUT2D eigenvalue weighted by Crippen LogP contribution is 2.24. The van der Waals surface area contributed by atoms with Gasteiger partial charge in [-0.1, -0.05) is 12.1 Å². The lowest BCUT2D eigenvalue weighted by Crippen LogP contribution is -2.64. The minimum absolute atomic E-state index is 0.239. The van der Waals surface area contributed by atoms with E-state index in [0.29, 0.717) is 23.7 Å². The van der Waals surface area contributed by atoms with Crippen molar-refractivity contribution in [2.45, 2.75) is 6.04 Å². The molecule has 1 fully saturated rings. The molecule has 0 spiro atoms. The maximum Gasteiger partial charge on any atom is 0.320 e. The number of carbonyl (C=O) groups is 2. The second-order valence-electron chi connectivity index (χ2n) is 5.28. The number of urea groups is 1. The van der Waals surface area contributed by atoms with Crippen LogP contribution in [-0.2, 0) is 4.79 Å². The van der Waals surface area contributed by atoms with E-state index in [9.17, 15) is 14.0 Å². The second kappa shape index (κ2) is 6.57. The van der Waals surface area contributed by atoms with Crippen LogP contribution in [0.2, 0.25) is 0 Å². The summed E-state index contributed by atoms with van der Waals surface area (Å²) < 4.78 is 18.1. The second-order valence-corrected chi connectivity index (χ2v) is 5.28. The van der Waals surface area contributed by atoms with E-state index in [1.807, 2.05) is 0 Å².